The molecule has 0 aromatic rings. The van der Waals surface area contributed by atoms with Crippen LogP contribution in [-0.4, -0.2) is 20.9 Å². The van der Waals surface area contributed by atoms with Crippen molar-refractivity contribution in [3.8, 4) is 0 Å². The summed E-state index contributed by atoms with van der Waals surface area (Å²) >= 11 is 0. The summed E-state index contributed by atoms with van der Waals surface area (Å²) in [4.78, 5) is 0. The summed E-state index contributed by atoms with van der Waals surface area (Å²) in [5, 5.41) is 0. The van der Waals surface area contributed by atoms with Gasteiger partial charge in [-0.3, -0.25) is 0 Å². The number of rotatable bonds is 1. The van der Waals surface area contributed by atoms with Crippen LogP contribution in [0.4, 0.5) is 0 Å². The largest absolute Gasteiger partial charge is 0.0979 e. The SMILES string of the molecule is B.CSSC. The van der Waals surface area contributed by atoms with Crippen LogP contribution >= 0.6 is 21.6 Å². The normalized spacial score (nSPS) is 6.00. The highest BCUT2D eigenvalue weighted by Crippen LogP contribution is 2.09. The third kappa shape index (κ3) is 11.7. The Balaban J connectivity index is 0. The van der Waals surface area contributed by atoms with Gasteiger partial charge in [0.1, 0.15) is 0 Å². The van der Waals surface area contributed by atoms with Gasteiger partial charge in [-0.15, -0.1) is 0 Å². The van der Waals surface area contributed by atoms with Crippen LogP contribution < -0.4 is 0 Å². The molecule has 0 radical (unpaired) electrons. The van der Waals surface area contributed by atoms with Crippen LogP contribution in [0, 0.1) is 0 Å². The lowest BCUT2D eigenvalue weighted by Gasteiger charge is -1.69. The lowest BCUT2D eigenvalue weighted by atomic mass is 10.8. The molecule has 3 heteroatoms. The minimum atomic E-state index is 0. The molecule has 0 fully saturated rings. The fourth-order valence-corrected chi connectivity index (χ4v) is 0. The number of hydrogen-bond donors (Lipinski definition) is 0. The molecule has 0 rings (SSSR count). The summed E-state index contributed by atoms with van der Waals surface area (Å²) < 4.78 is 0. The Morgan fingerprint density at radius 1 is 1.00 bits per heavy atom. The molecule has 0 atom stereocenters. The average Bonchev–Trinajstić information content (AvgIpc) is 1.37. The summed E-state index contributed by atoms with van der Waals surface area (Å²) in [6.07, 6.45) is 4.12. The summed E-state index contributed by atoms with van der Waals surface area (Å²) in [5.41, 5.74) is 0. The second-order valence-corrected chi connectivity index (χ2v) is 3.00. The Kier molecular flexibility index (Phi) is 16.3. The molecule has 0 saturated carbocycles. The maximum absolute atomic E-state index is 2.06. The zero-order valence-electron chi connectivity index (χ0n) is 2.82. The first-order valence-corrected chi connectivity index (χ1v) is 3.95. The van der Waals surface area contributed by atoms with Crippen molar-refractivity contribution in [3.63, 3.8) is 0 Å². The number of hydrogen-bond acceptors (Lipinski definition) is 2. The Morgan fingerprint density at radius 3 is 1.20 bits per heavy atom. The first-order chi connectivity index (χ1) is 1.91. The van der Waals surface area contributed by atoms with E-state index in [0.717, 1.165) is 0 Å². The van der Waals surface area contributed by atoms with Crippen molar-refractivity contribution in [3.05, 3.63) is 0 Å². The van der Waals surface area contributed by atoms with E-state index in [1.807, 2.05) is 0 Å². The van der Waals surface area contributed by atoms with Gasteiger partial charge in [0, 0.05) is 0 Å². The zero-order chi connectivity index (χ0) is 3.41. The van der Waals surface area contributed by atoms with Gasteiger partial charge in [0.15, 0.2) is 0 Å². The summed E-state index contributed by atoms with van der Waals surface area (Å²) in [5.74, 6) is 0. The van der Waals surface area contributed by atoms with Gasteiger partial charge in [-0.05, 0) is 12.5 Å². The second-order valence-electron chi connectivity index (χ2n) is 0.333. The van der Waals surface area contributed by atoms with Gasteiger partial charge in [-0.25, -0.2) is 0 Å². The minimum Gasteiger partial charge on any atom is -0.0979 e. The van der Waals surface area contributed by atoms with E-state index in [9.17, 15) is 0 Å². The molecule has 0 aliphatic carbocycles. The predicted octanol–water partition coefficient (Wildman–Crippen LogP) is 0.443. The van der Waals surface area contributed by atoms with Crippen molar-refractivity contribution >= 4 is 30.0 Å². The zero-order valence-corrected chi connectivity index (χ0v) is 4.45. The molecule has 0 aliphatic rings. The lowest BCUT2D eigenvalue weighted by molar-refractivity contribution is 2.51. The van der Waals surface area contributed by atoms with Crippen LogP contribution in [0.2, 0.25) is 0 Å². The lowest BCUT2D eigenvalue weighted by Crippen LogP contribution is -1.28. The fourth-order valence-electron chi connectivity index (χ4n) is 0. The Hall–Kier alpha value is 0.765. The third-order valence-corrected chi connectivity index (χ3v) is 1.50. The van der Waals surface area contributed by atoms with Crippen LogP contribution in [0.5, 0.6) is 0 Å². The molecular weight excluding hydrogens is 99.0 g/mol. The van der Waals surface area contributed by atoms with E-state index in [1.165, 1.54) is 0 Å². The molecule has 0 nitrogen and oxygen atoms in total. The molecule has 5 heavy (non-hydrogen) atoms. The van der Waals surface area contributed by atoms with Gasteiger partial charge in [-0.1, -0.05) is 21.6 Å². The van der Waals surface area contributed by atoms with Crippen molar-refractivity contribution in [2.24, 2.45) is 0 Å². The first-order valence-electron chi connectivity index (χ1n) is 0.983. The molecule has 0 saturated heterocycles. The van der Waals surface area contributed by atoms with Crippen molar-refractivity contribution in [2.45, 2.75) is 0 Å². The van der Waals surface area contributed by atoms with Gasteiger partial charge >= 0.3 is 0 Å². The molecule has 0 unspecified atom stereocenters. The molecule has 0 N–H and O–H groups in total. The summed E-state index contributed by atoms with van der Waals surface area (Å²) in [7, 11) is 3.55. The molecule has 0 aromatic heterocycles. The fraction of sp³-hybridized carbons (Fsp3) is 1.00. The third-order valence-electron chi connectivity index (χ3n) is 0.167. The molecule has 0 bridgehead atoms. The monoisotopic (exact) mass is 108 g/mol. The van der Waals surface area contributed by atoms with Crippen LogP contribution in [0.1, 0.15) is 0 Å². The van der Waals surface area contributed by atoms with E-state index in [4.69, 9.17) is 0 Å². The maximum Gasteiger partial charge on any atom is 0.0814 e. The van der Waals surface area contributed by atoms with Gasteiger partial charge in [0.25, 0.3) is 0 Å². The molecular formula is C2H9BS2. The Labute approximate surface area is 43.1 Å². The van der Waals surface area contributed by atoms with Crippen LogP contribution in [0.15, 0.2) is 0 Å². The predicted molar refractivity (Wildman–Crippen MR) is 37.0 cm³/mol. The van der Waals surface area contributed by atoms with Gasteiger partial charge in [-0.2, -0.15) is 0 Å². The highest BCUT2D eigenvalue weighted by molar-refractivity contribution is 8.76. The van der Waals surface area contributed by atoms with Crippen molar-refractivity contribution in [1.29, 1.82) is 0 Å². The molecule has 0 aliphatic heterocycles. The van der Waals surface area contributed by atoms with E-state index in [0.29, 0.717) is 0 Å². The smallest absolute Gasteiger partial charge is 0.0814 e. The highest BCUT2D eigenvalue weighted by atomic mass is 33.1. The Morgan fingerprint density at radius 2 is 1.20 bits per heavy atom. The molecule has 32 valence electrons. The Bertz CT molecular complexity index is 9.61. The van der Waals surface area contributed by atoms with Crippen molar-refractivity contribution in [2.75, 3.05) is 12.5 Å². The summed E-state index contributed by atoms with van der Waals surface area (Å²) in [6, 6.07) is 0. The van der Waals surface area contributed by atoms with Gasteiger partial charge < -0.3 is 0 Å². The second kappa shape index (κ2) is 8.83. The molecule has 0 aromatic carbocycles. The first kappa shape index (κ1) is 9.23. The van der Waals surface area contributed by atoms with Crippen LogP contribution in [-0.2, 0) is 0 Å². The van der Waals surface area contributed by atoms with Crippen molar-refractivity contribution < 1.29 is 0 Å². The molecule has 0 amide bonds. The van der Waals surface area contributed by atoms with E-state index in [1.54, 1.807) is 21.6 Å². The van der Waals surface area contributed by atoms with Crippen LogP contribution in [0.3, 0.4) is 0 Å². The quantitative estimate of drug-likeness (QED) is 0.353. The minimum absolute atomic E-state index is 0. The topological polar surface area (TPSA) is 0 Å². The van der Waals surface area contributed by atoms with Gasteiger partial charge in [0.05, 0.1) is 8.41 Å². The average molecular weight is 108 g/mol. The van der Waals surface area contributed by atoms with Gasteiger partial charge in [0.2, 0.25) is 0 Å². The van der Waals surface area contributed by atoms with Crippen LogP contribution in [0.25, 0.3) is 0 Å². The molecule has 0 spiro atoms. The summed E-state index contributed by atoms with van der Waals surface area (Å²) in [6.45, 7) is 0. The van der Waals surface area contributed by atoms with E-state index < -0.39 is 0 Å². The van der Waals surface area contributed by atoms with Crippen molar-refractivity contribution in [1.82, 2.24) is 0 Å². The van der Waals surface area contributed by atoms with E-state index in [2.05, 4.69) is 12.5 Å². The van der Waals surface area contributed by atoms with E-state index >= 15 is 0 Å². The standard InChI is InChI=1S/C2H6S2.BH3/c1-3-4-2;/h1-2H3;1H3. The highest BCUT2D eigenvalue weighted by Gasteiger charge is 1.55. The van der Waals surface area contributed by atoms with E-state index in [-0.39, 0.29) is 8.41 Å². The molecule has 0 heterocycles. The maximum atomic E-state index is 2.06.